The van der Waals surface area contributed by atoms with Crippen molar-refractivity contribution < 1.29 is 14.7 Å². The number of aromatic nitrogens is 1. The summed E-state index contributed by atoms with van der Waals surface area (Å²) in [6.45, 7) is 0. The first kappa shape index (κ1) is 15.7. The van der Waals surface area contributed by atoms with Gasteiger partial charge in [0.1, 0.15) is 5.82 Å². The van der Waals surface area contributed by atoms with Crippen LogP contribution in [0.25, 0.3) is 0 Å². The summed E-state index contributed by atoms with van der Waals surface area (Å²) in [5.41, 5.74) is 0.0938. The van der Waals surface area contributed by atoms with Gasteiger partial charge in [-0.2, -0.15) is 0 Å². The van der Waals surface area contributed by atoms with E-state index in [1.807, 2.05) is 12.1 Å². The Morgan fingerprint density at radius 3 is 2.67 bits per heavy atom. The molecular weight excluding hydrogens is 356 g/mol. The smallest absolute Gasteiger partial charge is 0.337 e. The predicted molar refractivity (Wildman–Crippen MR) is 84.8 cm³/mol. The maximum Gasteiger partial charge on any atom is 0.337 e. The first-order valence-electron chi connectivity index (χ1n) is 6.28. The molecule has 0 fully saturated rings. The standard InChI is InChI=1S/C14H13BrN2O3S/c15-11-6-5-10(21-11)2-1-3-13(18)17-12-7-4-9(8-16-12)14(19)20/h4-8H,1-3H2,(H,19,20)(H,16,17,18). The molecule has 0 atom stereocenters. The zero-order valence-corrected chi connectivity index (χ0v) is 13.4. The summed E-state index contributed by atoms with van der Waals surface area (Å²) in [7, 11) is 0. The number of carbonyl (C=O) groups excluding carboxylic acids is 1. The maximum absolute atomic E-state index is 11.8. The van der Waals surface area contributed by atoms with Gasteiger partial charge in [0.15, 0.2) is 0 Å². The zero-order chi connectivity index (χ0) is 15.2. The molecule has 0 bridgehead atoms. The van der Waals surface area contributed by atoms with Crippen LogP contribution in [0.3, 0.4) is 0 Å². The fourth-order valence-corrected chi connectivity index (χ4v) is 3.23. The minimum absolute atomic E-state index is 0.0938. The molecule has 2 aromatic heterocycles. The summed E-state index contributed by atoms with van der Waals surface area (Å²) >= 11 is 5.07. The Morgan fingerprint density at radius 2 is 2.10 bits per heavy atom. The van der Waals surface area contributed by atoms with Gasteiger partial charge in [0.05, 0.1) is 9.35 Å². The molecule has 0 saturated carbocycles. The molecule has 0 aromatic carbocycles. The first-order valence-corrected chi connectivity index (χ1v) is 7.89. The number of carboxylic acid groups (broad SMARTS) is 1. The van der Waals surface area contributed by atoms with Crippen molar-refractivity contribution in [1.82, 2.24) is 4.98 Å². The van der Waals surface area contributed by atoms with Crippen molar-refractivity contribution in [2.45, 2.75) is 19.3 Å². The third-order valence-corrected chi connectivity index (χ3v) is 4.42. The van der Waals surface area contributed by atoms with Gasteiger partial charge in [-0.3, -0.25) is 4.79 Å². The molecule has 1 amide bonds. The molecule has 0 unspecified atom stereocenters. The molecule has 0 aliphatic rings. The lowest BCUT2D eigenvalue weighted by molar-refractivity contribution is -0.116. The number of nitrogens with zero attached hydrogens (tertiary/aromatic N) is 1. The van der Waals surface area contributed by atoms with Gasteiger partial charge in [-0.15, -0.1) is 11.3 Å². The lowest BCUT2D eigenvalue weighted by Crippen LogP contribution is -2.12. The molecular formula is C14H13BrN2O3S. The summed E-state index contributed by atoms with van der Waals surface area (Å²) in [4.78, 5) is 27.6. The van der Waals surface area contributed by atoms with E-state index in [2.05, 4.69) is 26.2 Å². The summed E-state index contributed by atoms with van der Waals surface area (Å²) in [6.07, 6.45) is 3.24. The van der Waals surface area contributed by atoms with Gasteiger partial charge < -0.3 is 10.4 Å². The van der Waals surface area contributed by atoms with Crippen molar-refractivity contribution in [2.24, 2.45) is 0 Å². The van der Waals surface area contributed by atoms with Crippen LogP contribution in [0.4, 0.5) is 5.82 Å². The highest BCUT2D eigenvalue weighted by Crippen LogP contribution is 2.23. The molecule has 5 nitrogen and oxygen atoms in total. The van der Waals surface area contributed by atoms with Gasteiger partial charge in [-0.05, 0) is 53.0 Å². The number of amides is 1. The van der Waals surface area contributed by atoms with Crippen LogP contribution < -0.4 is 5.32 Å². The largest absolute Gasteiger partial charge is 0.478 e. The number of nitrogens with one attached hydrogen (secondary N) is 1. The lowest BCUT2D eigenvalue weighted by Gasteiger charge is -2.04. The van der Waals surface area contributed by atoms with Crippen LogP contribution in [-0.4, -0.2) is 22.0 Å². The molecule has 2 aromatic rings. The average molecular weight is 369 g/mol. The topological polar surface area (TPSA) is 79.3 Å². The molecule has 0 radical (unpaired) electrons. The van der Waals surface area contributed by atoms with Crippen molar-refractivity contribution in [2.75, 3.05) is 5.32 Å². The fourth-order valence-electron chi connectivity index (χ4n) is 1.71. The van der Waals surface area contributed by atoms with E-state index in [0.717, 1.165) is 16.6 Å². The summed E-state index contributed by atoms with van der Waals surface area (Å²) in [5, 5.41) is 11.4. The van der Waals surface area contributed by atoms with Crippen molar-refractivity contribution >= 4 is 45.0 Å². The van der Waals surface area contributed by atoms with Crippen LogP contribution in [0.15, 0.2) is 34.2 Å². The number of thiophene rings is 1. The van der Waals surface area contributed by atoms with Crippen LogP contribution in [0.5, 0.6) is 0 Å². The number of halogens is 1. The van der Waals surface area contributed by atoms with E-state index in [4.69, 9.17) is 5.11 Å². The molecule has 110 valence electrons. The summed E-state index contributed by atoms with van der Waals surface area (Å²) in [6, 6.07) is 6.93. The van der Waals surface area contributed by atoms with E-state index >= 15 is 0 Å². The molecule has 0 aliphatic carbocycles. The number of aryl methyl sites for hydroxylation is 1. The van der Waals surface area contributed by atoms with Crippen LogP contribution in [0, 0.1) is 0 Å². The molecule has 2 N–H and O–H groups in total. The third-order valence-electron chi connectivity index (χ3n) is 2.73. The second kappa shape index (κ2) is 7.33. The van der Waals surface area contributed by atoms with E-state index in [-0.39, 0.29) is 11.5 Å². The normalized spacial score (nSPS) is 10.3. The lowest BCUT2D eigenvalue weighted by atomic mass is 10.2. The Labute approximate surface area is 134 Å². The minimum Gasteiger partial charge on any atom is -0.478 e. The van der Waals surface area contributed by atoms with Gasteiger partial charge in [-0.1, -0.05) is 0 Å². The molecule has 0 aliphatic heterocycles. The van der Waals surface area contributed by atoms with Gasteiger partial charge >= 0.3 is 5.97 Å². The number of anilines is 1. The number of rotatable bonds is 6. The van der Waals surface area contributed by atoms with Gasteiger partial charge in [0, 0.05) is 17.5 Å². The van der Waals surface area contributed by atoms with Crippen LogP contribution in [0.2, 0.25) is 0 Å². The quantitative estimate of drug-likeness (QED) is 0.816. The number of pyridine rings is 1. The van der Waals surface area contributed by atoms with Crippen molar-refractivity contribution in [3.05, 3.63) is 44.7 Å². The van der Waals surface area contributed by atoms with Gasteiger partial charge in [-0.25, -0.2) is 9.78 Å². The molecule has 0 saturated heterocycles. The number of carboxylic acids is 1. The SMILES string of the molecule is O=C(CCCc1ccc(Br)s1)Nc1ccc(C(=O)O)cn1. The molecule has 0 spiro atoms. The summed E-state index contributed by atoms with van der Waals surface area (Å²) < 4.78 is 1.09. The third kappa shape index (κ3) is 4.95. The van der Waals surface area contributed by atoms with E-state index in [1.54, 1.807) is 11.3 Å². The van der Waals surface area contributed by atoms with Crippen molar-refractivity contribution in [3.8, 4) is 0 Å². The number of carbonyl (C=O) groups is 2. The van der Waals surface area contributed by atoms with E-state index in [0.29, 0.717) is 12.2 Å². The second-order valence-electron chi connectivity index (χ2n) is 4.34. The zero-order valence-electron chi connectivity index (χ0n) is 11.0. The minimum atomic E-state index is -1.04. The number of hydrogen-bond donors (Lipinski definition) is 2. The Hall–Kier alpha value is -1.73. The molecule has 7 heteroatoms. The maximum atomic E-state index is 11.8. The summed E-state index contributed by atoms with van der Waals surface area (Å²) in [5.74, 6) is -0.799. The van der Waals surface area contributed by atoms with Crippen LogP contribution in [-0.2, 0) is 11.2 Å². The highest BCUT2D eigenvalue weighted by molar-refractivity contribution is 9.11. The predicted octanol–water partition coefficient (Wildman–Crippen LogP) is 3.57. The Morgan fingerprint density at radius 1 is 1.29 bits per heavy atom. The van der Waals surface area contributed by atoms with Gasteiger partial charge in [0.25, 0.3) is 0 Å². The molecule has 2 rings (SSSR count). The number of hydrogen-bond acceptors (Lipinski definition) is 4. The fraction of sp³-hybridized carbons (Fsp3) is 0.214. The molecule has 21 heavy (non-hydrogen) atoms. The van der Waals surface area contributed by atoms with Crippen molar-refractivity contribution in [1.29, 1.82) is 0 Å². The Balaban J connectivity index is 1.77. The molecule has 2 heterocycles. The van der Waals surface area contributed by atoms with Crippen LogP contribution >= 0.6 is 27.3 Å². The van der Waals surface area contributed by atoms with E-state index in [9.17, 15) is 9.59 Å². The Bertz CT molecular complexity index is 640. The first-order chi connectivity index (χ1) is 10.0. The van der Waals surface area contributed by atoms with Gasteiger partial charge in [0.2, 0.25) is 5.91 Å². The highest BCUT2D eigenvalue weighted by atomic mass is 79.9. The van der Waals surface area contributed by atoms with Crippen LogP contribution in [0.1, 0.15) is 28.1 Å². The van der Waals surface area contributed by atoms with E-state index in [1.165, 1.54) is 23.2 Å². The Kier molecular flexibility index (Phi) is 5.46. The van der Waals surface area contributed by atoms with E-state index < -0.39 is 5.97 Å². The average Bonchev–Trinajstić information content (AvgIpc) is 2.85. The second-order valence-corrected chi connectivity index (χ2v) is 6.89. The van der Waals surface area contributed by atoms with Crippen molar-refractivity contribution in [3.63, 3.8) is 0 Å². The highest BCUT2D eigenvalue weighted by Gasteiger charge is 2.06. The number of aromatic carboxylic acids is 1. The monoisotopic (exact) mass is 368 g/mol.